The summed E-state index contributed by atoms with van der Waals surface area (Å²) in [6.07, 6.45) is 0. The Balaban J connectivity index is 2.24. The molecule has 1 N–H and O–H groups in total. The predicted octanol–water partition coefficient (Wildman–Crippen LogP) is 2.65. The maximum absolute atomic E-state index is 12.9. The molecule has 0 bridgehead atoms. The van der Waals surface area contributed by atoms with Crippen molar-refractivity contribution in [1.29, 1.82) is 0 Å². The highest BCUT2D eigenvalue weighted by atomic mass is 32.2. The summed E-state index contributed by atoms with van der Waals surface area (Å²) in [5, 5.41) is 0. The molecule has 2 rings (SSSR count). The molecule has 5 nitrogen and oxygen atoms in total. The number of carbonyl (C=O) groups excluding carboxylic acids is 1. The average molecular weight is 337 g/mol. The number of benzene rings is 2. The average Bonchev–Trinajstić information content (AvgIpc) is 2.54. The molecular formula is C16H16FNO4S. The van der Waals surface area contributed by atoms with Crippen LogP contribution in [-0.4, -0.2) is 21.5 Å². The minimum Gasteiger partial charge on any atom is -0.465 e. The molecule has 0 amide bonds. The fourth-order valence-electron chi connectivity index (χ4n) is 2.03. The first kappa shape index (κ1) is 17.1. The van der Waals surface area contributed by atoms with E-state index in [0.29, 0.717) is 5.56 Å². The van der Waals surface area contributed by atoms with Crippen LogP contribution < -0.4 is 4.72 Å². The van der Waals surface area contributed by atoms with Crippen LogP contribution in [0.25, 0.3) is 0 Å². The van der Waals surface area contributed by atoms with Crippen LogP contribution in [0.4, 0.5) is 4.39 Å². The van der Waals surface area contributed by atoms with Crippen LogP contribution >= 0.6 is 0 Å². The van der Waals surface area contributed by atoms with E-state index in [1.54, 1.807) is 6.92 Å². The second kappa shape index (κ2) is 6.89. The molecule has 0 saturated carbocycles. The zero-order chi connectivity index (χ0) is 17.0. The summed E-state index contributed by atoms with van der Waals surface area (Å²) in [5.41, 5.74) is 0.768. The molecule has 0 aliphatic rings. The van der Waals surface area contributed by atoms with E-state index < -0.39 is 27.9 Å². The van der Waals surface area contributed by atoms with Crippen molar-refractivity contribution in [2.75, 3.05) is 7.11 Å². The minimum atomic E-state index is -3.83. The van der Waals surface area contributed by atoms with Gasteiger partial charge in [-0.05, 0) is 42.8 Å². The summed E-state index contributed by atoms with van der Waals surface area (Å²) in [5.74, 6) is -1.01. The van der Waals surface area contributed by atoms with E-state index in [1.165, 1.54) is 55.6 Å². The number of halogens is 1. The van der Waals surface area contributed by atoms with Crippen molar-refractivity contribution in [1.82, 2.24) is 4.72 Å². The number of nitrogens with one attached hydrogen (secondary N) is 1. The SMILES string of the molecule is COC(=O)c1cccc(S(=O)(=O)N[C@@H](C)c2ccc(F)cc2)c1. The first-order chi connectivity index (χ1) is 10.8. The number of esters is 1. The number of carbonyl (C=O) groups is 1. The normalized spacial score (nSPS) is 12.7. The standard InChI is InChI=1S/C16H16FNO4S/c1-11(12-6-8-14(17)9-7-12)18-23(20,21)15-5-3-4-13(10-15)16(19)22-2/h3-11,18H,1-2H3/t11-/m0/s1. The predicted molar refractivity (Wildman–Crippen MR) is 82.9 cm³/mol. The summed E-state index contributed by atoms with van der Waals surface area (Å²) < 4.78 is 44.8. The number of methoxy groups -OCH3 is 1. The highest BCUT2D eigenvalue weighted by Gasteiger charge is 2.20. The van der Waals surface area contributed by atoms with Gasteiger partial charge in [0.2, 0.25) is 10.0 Å². The van der Waals surface area contributed by atoms with E-state index in [9.17, 15) is 17.6 Å². The van der Waals surface area contributed by atoms with Gasteiger partial charge < -0.3 is 4.74 Å². The van der Waals surface area contributed by atoms with Gasteiger partial charge in [0.15, 0.2) is 0 Å². The maximum Gasteiger partial charge on any atom is 0.337 e. The van der Waals surface area contributed by atoms with E-state index in [0.717, 1.165) is 0 Å². The lowest BCUT2D eigenvalue weighted by Gasteiger charge is -2.15. The molecule has 23 heavy (non-hydrogen) atoms. The van der Waals surface area contributed by atoms with E-state index >= 15 is 0 Å². The number of sulfonamides is 1. The molecule has 0 unspecified atom stereocenters. The van der Waals surface area contributed by atoms with Crippen molar-refractivity contribution in [3.05, 3.63) is 65.5 Å². The van der Waals surface area contributed by atoms with Crippen molar-refractivity contribution in [2.45, 2.75) is 17.9 Å². The molecule has 0 aromatic heterocycles. The Labute approximate surface area is 134 Å². The van der Waals surface area contributed by atoms with Crippen LogP contribution in [0.2, 0.25) is 0 Å². The molecule has 7 heteroatoms. The van der Waals surface area contributed by atoms with Gasteiger partial charge in [-0.2, -0.15) is 0 Å². The van der Waals surface area contributed by atoms with Gasteiger partial charge in [-0.15, -0.1) is 0 Å². The Morgan fingerprint density at radius 3 is 2.43 bits per heavy atom. The number of ether oxygens (including phenoxy) is 1. The molecule has 0 saturated heterocycles. The van der Waals surface area contributed by atoms with Gasteiger partial charge in [-0.25, -0.2) is 22.3 Å². The lowest BCUT2D eigenvalue weighted by atomic mass is 10.1. The van der Waals surface area contributed by atoms with E-state index in [-0.39, 0.29) is 10.5 Å². The molecule has 0 aliphatic carbocycles. The fourth-order valence-corrected chi connectivity index (χ4v) is 3.31. The van der Waals surface area contributed by atoms with Crippen LogP contribution in [0.15, 0.2) is 53.4 Å². The third-order valence-electron chi connectivity index (χ3n) is 3.27. The summed E-state index contributed by atoms with van der Waals surface area (Å²) >= 11 is 0. The lowest BCUT2D eigenvalue weighted by molar-refractivity contribution is 0.0600. The zero-order valence-corrected chi connectivity index (χ0v) is 13.4. The molecule has 0 aliphatic heterocycles. The molecule has 0 fully saturated rings. The van der Waals surface area contributed by atoms with Gasteiger partial charge in [-0.1, -0.05) is 18.2 Å². The second-order valence-electron chi connectivity index (χ2n) is 4.91. The van der Waals surface area contributed by atoms with Gasteiger partial charge >= 0.3 is 5.97 Å². The molecule has 0 spiro atoms. The Bertz CT molecular complexity index is 803. The largest absolute Gasteiger partial charge is 0.465 e. The molecule has 122 valence electrons. The molecule has 2 aromatic carbocycles. The van der Waals surface area contributed by atoms with Crippen molar-refractivity contribution in [3.63, 3.8) is 0 Å². The second-order valence-corrected chi connectivity index (χ2v) is 6.63. The fraction of sp³-hybridized carbons (Fsp3) is 0.188. The van der Waals surface area contributed by atoms with Gasteiger partial charge in [0, 0.05) is 6.04 Å². The molecule has 1 atom stereocenters. The first-order valence-corrected chi connectivity index (χ1v) is 8.28. The number of hydrogen-bond acceptors (Lipinski definition) is 4. The Kier molecular flexibility index (Phi) is 5.12. The molecule has 2 aromatic rings. The van der Waals surface area contributed by atoms with Crippen LogP contribution in [0.1, 0.15) is 28.9 Å². The maximum atomic E-state index is 12.9. The van der Waals surface area contributed by atoms with Crippen molar-refractivity contribution < 1.29 is 22.3 Å². The summed E-state index contributed by atoms with van der Waals surface area (Å²) in [6, 6.07) is 10.5. The van der Waals surface area contributed by atoms with Gasteiger partial charge in [0.05, 0.1) is 17.6 Å². The Morgan fingerprint density at radius 1 is 1.17 bits per heavy atom. The quantitative estimate of drug-likeness (QED) is 0.852. The van der Waals surface area contributed by atoms with Crippen molar-refractivity contribution >= 4 is 16.0 Å². The Morgan fingerprint density at radius 2 is 1.83 bits per heavy atom. The smallest absolute Gasteiger partial charge is 0.337 e. The van der Waals surface area contributed by atoms with Crippen LogP contribution in [0.3, 0.4) is 0 Å². The lowest BCUT2D eigenvalue weighted by Crippen LogP contribution is -2.27. The van der Waals surface area contributed by atoms with E-state index in [2.05, 4.69) is 9.46 Å². The summed E-state index contributed by atoms with van der Waals surface area (Å²) in [7, 11) is -2.61. The highest BCUT2D eigenvalue weighted by Crippen LogP contribution is 2.18. The molecule has 0 heterocycles. The molecule has 0 radical (unpaired) electrons. The summed E-state index contributed by atoms with van der Waals surface area (Å²) in [6.45, 7) is 1.65. The third kappa shape index (κ3) is 4.14. The third-order valence-corrected chi connectivity index (χ3v) is 4.81. The first-order valence-electron chi connectivity index (χ1n) is 6.79. The highest BCUT2D eigenvalue weighted by molar-refractivity contribution is 7.89. The topological polar surface area (TPSA) is 72.5 Å². The van der Waals surface area contributed by atoms with Crippen LogP contribution in [0, 0.1) is 5.82 Å². The number of rotatable bonds is 5. The van der Waals surface area contributed by atoms with Gasteiger partial charge in [0.1, 0.15) is 5.82 Å². The van der Waals surface area contributed by atoms with Gasteiger partial charge in [-0.3, -0.25) is 0 Å². The van der Waals surface area contributed by atoms with E-state index in [1.807, 2.05) is 0 Å². The Hall–Kier alpha value is -2.25. The minimum absolute atomic E-state index is 0.0469. The van der Waals surface area contributed by atoms with Crippen molar-refractivity contribution in [2.24, 2.45) is 0 Å². The van der Waals surface area contributed by atoms with Crippen LogP contribution in [0.5, 0.6) is 0 Å². The van der Waals surface area contributed by atoms with Crippen LogP contribution in [-0.2, 0) is 14.8 Å². The monoisotopic (exact) mass is 337 g/mol. The molecular weight excluding hydrogens is 321 g/mol. The summed E-state index contributed by atoms with van der Waals surface area (Å²) in [4.78, 5) is 11.4. The van der Waals surface area contributed by atoms with Gasteiger partial charge in [0.25, 0.3) is 0 Å². The zero-order valence-electron chi connectivity index (χ0n) is 12.6. The van der Waals surface area contributed by atoms with Crippen molar-refractivity contribution in [3.8, 4) is 0 Å². The number of hydrogen-bond donors (Lipinski definition) is 1. The van der Waals surface area contributed by atoms with E-state index in [4.69, 9.17) is 0 Å².